The van der Waals surface area contributed by atoms with Gasteiger partial charge in [-0.25, -0.2) is 14.6 Å². The second-order valence-electron chi connectivity index (χ2n) is 7.06. The first-order chi connectivity index (χ1) is 16.6. The minimum Gasteiger partial charge on any atom is -0.464 e. The van der Waals surface area contributed by atoms with Gasteiger partial charge in [-0.2, -0.15) is 0 Å². The lowest BCUT2D eigenvalue weighted by Crippen LogP contribution is -2.21. The van der Waals surface area contributed by atoms with Crippen molar-refractivity contribution < 1.29 is 14.3 Å². The number of esters is 1. The van der Waals surface area contributed by atoms with E-state index in [1.165, 1.54) is 18.4 Å². The summed E-state index contributed by atoms with van der Waals surface area (Å²) in [5, 5.41) is 17.4. The predicted octanol–water partition coefficient (Wildman–Crippen LogP) is 5.34. The second-order valence-corrected chi connectivity index (χ2v) is 8.14. The zero-order chi connectivity index (χ0) is 23.9. The number of hydrogen-bond donors (Lipinski definition) is 3. The van der Waals surface area contributed by atoms with E-state index in [0.29, 0.717) is 40.1 Å². The molecule has 0 aliphatic heterocycles. The highest BCUT2D eigenvalue weighted by Gasteiger charge is 2.18. The molecule has 0 spiro atoms. The van der Waals surface area contributed by atoms with Crippen LogP contribution in [0.4, 0.5) is 27.1 Å². The largest absolute Gasteiger partial charge is 0.464 e. The van der Waals surface area contributed by atoms with Gasteiger partial charge < -0.3 is 15.4 Å². The Hall–Kier alpha value is -4.31. The summed E-state index contributed by atoms with van der Waals surface area (Å²) in [5.74, 6) is -0.163. The molecular weight excluding hydrogens is 452 g/mol. The quantitative estimate of drug-likeness (QED) is 0.310. The number of para-hydroxylation sites is 2. The van der Waals surface area contributed by atoms with Gasteiger partial charge >= 0.3 is 12.0 Å². The maximum Gasteiger partial charge on any atom is 0.357 e. The number of benzene rings is 2. The van der Waals surface area contributed by atoms with Crippen LogP contribution in [-0.2, 0) is 11.2 Å². The maximum atomic E-state index is 12.6. The van der Waals surface area contributed by atoms with E-state index >= 15 is 0 Å². The lowest BCUT2D eigenvalue weighted by atomic mass is 10.1. The number of carbonyl (C=O) groups excluding carboxylic acids is 2. The van der Waals surface area contributed by atoms with Gasteiger partial charge in [0, 0.05) is 10.4 Å². The van der Waals surface area contributed by atoms with Gasteiger partial charge in [0.2, 0.25) is 0 Å². The van der Waals surface area contributed by atoms with Crippen LogP contribution in [0.3, 0.4) is 0 Å². The molecule has 4 rings (SSSR count). The van der Waals surface area contributed by atoms with Crippen LogP contribution in [0.25, 0.3) is 11.3 Å². The number of rotatable bonds is 7. The van der Waals surface area contributed by atoms with Crippen molar-refractivity contribution in [3.63, 3.8) is 0 Å². The molecule has 0 aliphatic rings. The van der Waals surface area contributed by atoms with E-state index in [0.717, 1.165) is 10.4 Å². The molecule has 2 aromatic carbocycles. The van der Waals surface area contributed by atoms with E-state index < -0.39 is 12.0 Å². The lowest BCUT2D eigenvalue weighted by Gasteiger charge is -2.12. The molecule has 9 nitrogen and oxygen atoms in total. The van der Waals surface area contributed by atoms with Gasteiger partial charge in [-0.1, -0.05) is 49.4 Å². The van der Waals surface area contributed by atoms with Crippen molar-refractivity contribution in [1.29, 1.82) is 0 Å². The number of carbonyl (C=O) groups is 2. The first kappa shape index (κ1) is 22.9. The molecule has 0 saturated carbocycles. The Labute approximate surface area is 200 Å². The molecular formula is C24H22N6O3S. The van der Waals surface area contributed by atoms with Gasteiger partial charge in [0.1, 0.15) is 0 Å². The number of urea groups is 1. The summed E-state index contributed by atoms with van der Waals surface area (Å²) in [4.78, 5) is 29.7. The summed E-state index contributed by atoms with van der Waals surface area (Å²) in [5.41, 5.74) is 3.09. The maximum absolute atomic E-state index is 12.6. The average molecular weight is 475 g/mol. The molecule has 10 heteroatoms. The number of ether oxygens (including phenoxy) is 1. The number of hydrogen-bond acceptors (Lipinski definition) is 8. The molecule has 3 N–H and O–H groups in total. The number of nitrogens with zero attached hydrogens (tertiary/aromatic N) is 3. The fourth-order valence-electron chi connectivity index (χ4n) is 3.15. The third kappa shape index (κ3) is 5.36. The Morgan fingerprint density at radius 2 is 1.65 bits per heavy atom. The van der Waals surface area contributed by atoms with Crippen LogP contribution in [0.1, 0.15) is 22.3 Å². The molecule has 0 unspecified atom stereocenters. The number of amides is 2. The van der Waals surface area contributed by atoms with Crippen molar-refractivity contribution in [2.24, 2.45) is 0 Å². The normalized spacial score (nSPS) is 10.4. The zero-order valence-corrected chi connectivity index (χ0v) is 19.3. The Balaban J connectivity index is 1.44. The molecule has 4 aromatic rings. The molecule has 2 heterocycles. The fourth-order valence-corrected chi connectivity index (χ4v) is 4.05. The van der Waals surface area contributed by atoms with Crippen molar-refractivity contribution in [1.82, 2.24) is 15.2 Å². The van der Waals surface area contributed by atoms with Crippen molar-refractivity contribution in [2.45, 2.75) is 13.3 Å². The summed E-state index contributed by atoms with van der Waals surface area (Å²) in [6.07, 6.45) is 0.649. The van der Waals surface area contributed by atoms with Crippen molar-refractivity contribution in [3.8, 4) is 11.3 Å². The number of aromatic nitrogens is 3. The minimum absolute atomic E-state index is 0.290. The highest BCUT2D eigenvalue weighted by Crippen LogP contribution is 2.30. The van der Waals surface area contributed by atoms with Gasteiger partial charge in [0.15, 0.2) is 16.6 Å². The van der Waals surface area contributed by atoms with Gasteiger partial charge in [-0.15, -0.1) is 21.5 Å². The Morgan fingerprint density at radius 1 is 0.912 bits per heavy atom. The molecule has 0 aliphatic carbocycles. The standard InChI is InChI=1S/C24H22N6O3S/c1-3-19-21(22(31)33-2)28-24(34-19)26-18-12-8-7-11-17(18)25-23(32)27-20-14-13-16(29-30-20)15-9-5-4-6-10-15/h4-14H,3H2,1-2H3,(H,26,28)(H2,25,27,30,32). The van der Waals surface area contributed by atoms with E-state index in [1.54, 1.807) is 30.3 Å². The number of nitrogens with one attached hydrogen (secondary N) is 3. The molecule has 0 fully saturated rings. The van der Waals surface area contributed by atoms with Gasteiger partial charge in [0.25, 0.3) is 0 Å². The Kier molecular flexibility index (Phi) is 7.09. The Bertz CT molecular complexity index is 1290. The van der Waals surface area contributed by atoms with Crippen LogP contribution in [0.2, 0.25) is 0 Å². The topological polar surface area (TPSA) is 118 Å². The summed E-state index contributed by atoms with van der Waals surface area (Å²) >= 11 is 1.36. The van der Waals surface area contributed by atoms with Crippen molar-refractivity contribution in [2.75, 3.05) is 23.1 Å². The molecule has 0 bridgehead atoms. The SMILES string of the molecule is CCc1sc(Nc2ccccc2NC(=O)Nc2ccc(-c3ccccc3)nn2)nc1C(=O)OC. The number of methoxy groups -OCH3 is 1. The van der Waals surface area contributed by atoms with Crippen LogP contribution < -0.4 is 16.0 Å². The molecule has 172 valence electrons. The van der Waals surface area contributed by atoms with Gasteiger partial charge in [0.05, 0.1) is 24.2 Å². The zero-order valence-electron chi connectivity index (χ0n) is 18.5. The van der Waals surface area contributed by atoms with Gasteiger partial charge in [-0.05, 0) is 30.7 Å². The smallest absolute Gasteiger partial charge is 0.357 e. The summed E-state index contributed by atoms with van der Waals surface area (Å²) < 4.78 is 4.81. The molecule has 0 saturated heterocycles. The fraction of sp³-hybridized carbons (Fsp3) is 0.125. The first-order valence-corrected chi connectivity index (χ1v) is 11.3. The minimum atomic E-state index is -0.480. The number of aryl methyl sites for hydroxylation is 1. The summed E-state index contributed by atoms with van der Waals surface area (Å²) in [6, 6.07) is 19.8. The molecule has 34 heavy (non-hydrogen) atoms. The Morgan fingerprint density at radius 3 is 2.32 bits per heavy atom. The first-order valence-electron chi connectivity index (χ1n) is 10.5. The van der Waals surface area contributed by atoms with Crippen LogP contribution in [-0.4, -0.2) is 34.3 Å². The number of thiazole rings is 1. The third-order valence-electron chi connectivity index (χ3n) is 4.79. The van der Waals surface area contributed by atoms with E-state index in [-0.39, 0.29) is 0 Å². The van der Waals surface area contributed by atoms with E-state index in [9.17, 15) is 9.59 Å². The van der Waals surface area contributed by atoms with Gasteiger partial charge in [-0.3, -0.25) is 5.32 Å². The average Bonchev–Trinajstić information content (AvgIpc) is 3.28. The third-order valence-corrected chi connectivity index (χ3v) is 5.90. The molecule has 0 atom stereocenters. The van der Waals surface area contributed by atoms with E-state index in [4.69, 9.17) is 4.74 Å². The molecule has 2 amide bonds. The monoisotopic (exact) mass is 474 g/mol. The van der Waals surface area contributed by atoms with Crippen LogP contribution >= 0.6 is 11.3 Å². The highest BCUT2D eigenvalue weighted by atomic mass is 32.1. The van der Waals surface area contributed by atoms with Crippen molar-refractivity contribution >= 4 is 45.7 Å². The lowest BCUT2D eigenvalue weighted by molar-refractivity contribution is 0.0594. The summed E-state index contributed by atoms with van der Waals surface area (Å²) in [6.45, 7) is 1.94. The highest BCUT2D eigenvalue weighted by molar-refractivity contribution is 7.16. The summed E-state index contributed by atoms with van der Waals surface area (Å²) in [7, 11) is 1.33. The predicted molar refractivity (Wildman–Crippen MR) is 133 cm³/mol. The van der Waals surface area contributed by atoms with E-state index in [1.807, 2.05) is 43.3 Å². The molecule has 0 radical (unpaired) electrons. The second kappa shape index (κ2) is 10.5. The van der Waals surface area contributed by atoms with Crippen LogP contribution in [0.5, 0.6) is 0 Å². The van der Waals surface area contributed by atoms with Crippen LogP contribution in [0.15, 0.2) is 66.7 Å². The van der Waals surface area contributed by atoms with E-state index in [2.05, 4.69) is 31.1 Å². The molecule has 2 aromatic heterocycles. The van der Waals surface area contributed by atoms with Crippen LogP contribution in [0, 0.1) is 0 Å². The number of anilines is 4. The van der Waals surface area contributed by atoms with Crippen molar-refractivity contribution in [3.05, 3.63) is 77.3 Å².